The van der Waals surface area contributed by atoms with Crippen molar-refractivity contribution in [3.63, 3.8) is 0 Å². The minimum absolute atomic E-state index is 0.0165. The van der Waals surface area contributed by atoms with Crippen LogP contribution in [0.15, 0.2) is 57.7 Å². The first-order valence-corrected chi connectivity index (χ1v) is 7.43. The summed E-state index contributed by atoms with van der Waals surface area (Å²) >= 11 is 0. The molecule has 0 bridgehead atoms. The fraction of sp³-hybridized carbons (Fsp3) is 0.111. The van der Waals surface area contributed by atoms with Crippen molar-refractivity contribution >= 4 is 22.6 Å². The first-order chi connectivity index (χ1) is 12.2. The number of rotatable bonds is 3. The zero-order valence-corrected chi connectivity index (χ0v) is 13.4. The van der Waals surface area contributed by atoms with Gasteiger partial charge in [0, 0.05) is 6.92 Å². The van der Waals surface area contributed by atoms with E-state index in [-0.39, 0.29) is 22.8 Å². The van der Waals surface area contributed by atoms with Gasteiger partial charge in [-0.05, 0) is 30.3 Å². The molecular formula is C18H12F3NO4. The molecule has 1 N–H and O–H groups in total. The first kappa shape index (κ1) is 17.5. The summed E-state index contributed by atoms with van der Waals surface area (Å²) in [5.74, 6) is -0.708. The van der Waals surface area contributed by atoms with Crippen LogP contribution < -0.4 is 15.7 Å². The second-order valence-corrected chi connectivity index (χ2v) is 5.42. The zero-order chi connectivity index (χ0) is 18.9. The molecule has 0 spiro atoms. The number of ether oxygens (including phenoxy) is 1. The third-order valence-electron chi connectivity index (χ3n) is 3.45. The lowest BCUT2D eigenvalue weighted by atomic mass is 10.1. The molecule has 1 aromatic heterocycles. The maximum Gasteiger partial charge on any atom is 0.416 e. The van der Waals surface area contributed by atoms with Crippen molar-refractivity contribution in [3.8, 4) is 11.5 Å². The van der Waals surface area contributed by atoms with Crippen LogP contribution in [0.4, 0.5) is 18.9 Å². The lowest BCUT2D eigenvalue weighted by molar-refractivity contribution is -0.137. The molecule has 0 saturated carbocycles. The van der Waals surface area contributed by atoms with Crippen molar-refractivity contribution in [1.29, 1.82) is 0 Å². The highest BCUT2D eigenvalue weighted by Crippen LogP contribution is 2.38. The molecule has 0 aliphatic rings. The van der Waals surface area contributed by atoms with Crippen LogP contribution in [0.5, 0.6) is 11.5 Å². The van der Waals surface area contributed by atoms with Crippen molar-refractivity contribution in [2.24, 2.45) is 0 Å². The molecule has 1 amide bonds. The lowest BCUT2D eigenvalue weighted by Gasteiger charge is -2.15. The number of carbonyl (C=O) groups excluding carboxylic acids is 1. The standard InChI is InChI=1S/C18H12F3NO4/c1-10(23)22-13-7-6-11(18(19,20)21)8-16(13)25-15-9-17(24)26-14-5-3-2-4-12(14)15/h2-9H,1H3,(H,22,23). The third-order valence-corrected chi connectivity index (χ3v) is 3.45. The number of anilines is 1. The van der Waals surface area contributed by atoms with Crippen molar-refractivity contribution < 1.29 is 27.1 Å². The molecule has 134 valence electrons. The molecule has 3 aromatic rings. The van der Waals surface area contributed by atoms with Crippen LogP contribution in [0, 0.1) is 0 Å². The van der Waals surface area contributed by atoms with Crippen LogP contribution >= 0.6 is 0 Å². The van der Waals surface area contributed by atoms with Crippen LogP contribution in [0.25, 0.3) is 11.0 Å². The van der Waals surface area contributed by atoms with Crippen molar-refractivity contribution in [2.45, 2.75) is 13.1 Å². The minimum Gasteiger partial charge on any atom is -0.454 e. The van der Waals surface area contributed by atoms with Crippen molar-refractivity contribution in [3.05, 3.63) is 64.5 Å². The summed E-state index contributed by atoms with van der Waals surface area (Å²) in [6.07, 6.45) is -4.59. The summed E-state index contributed by atoms with van der Waals surface area (Å²) in [4.78, 5) is 23.0. The number of para-hydroxylation sites is 1. The van der Waals surface area contributed by atoms with Gasteiger partial charge in [-0.1, -0.05) is 12.1 Å². The molecule has 0 atom stereocenters. The molecule has 1 heterocycles. The summed E-state index contributed by atoms with van der Waals surface area (Å²) in [6, 6.07) is 10.1. The highest BCUT2D eigenvalue weighted by atomic mass is 19.4. The predicted octanol–water partition coefficient (Wildman–Crippen LogP) is 4.56. The Hall–Kier alpha value is -3.29. The second kappa shape index (κ2) is 6.55. The zero-order valence-electron chi connectivity index (χ0n) is 13.4. The van der Waals surface area contributed by atoms with E-state index in [1.807, 2.05) is 0 Å². The SMILES string of the molecule is CC(=O)Nc1ccc(C(F)(F)F)cc1Oc1cc(=O)oc2ccccc12. The van der Waals surface area contributed by atoms with Gasteiger partial charge >= 0.3 is 11.8 Å². The van der Waals surface area contributed by atoms with E-state index >= 15 is 0 Å². The third kappa shape index (κ3) is 3.69. The Balaban J connectivity index is 2.14. The number of halogens is 3. The molecule has 0 aliphatic carbocycles. The van der Waals surface area contributed by atoms with E-state index in [0.29, 0.717) is 5.39 Å². The number of nitrogens with one attached hydrogen (secondary N) is 1. The fourth-order valence-corrected chi connectivity index (χ4v) is 2.36. The van der Waals surface area contributed by atoms with E-state index in [0.717, 1.165) is 24.3 Å². The molecule has 0 unspecified atom stereocenters. The summed E-state index contributed by atoms with van der Waals surface area (Å²) in [6.45, 7) is 1.22. The van der Waals surface area contributed by atoms with Crippen LogP contribution in [0.3, 0.4) is 0 Å². The quantitative estimate of drug-likeness (QED) is 0.693. The second-order valence-electron chi connectivity index (χ2n) is 5.42. The number of benzene rings is 2. The van der Waals surface area contributed by atoms with Gasteiger partial charge in [-0.25, -0.2) is 4.79 Å². The van der Waals surface area contributed by atoms with Crippen molar-refractivity contribution in [2.75, 3.05) is 5.32 Å². The van der Waals surface area contributed by atoms with Gasteiger partial charge < -0.3 is 14.5 Å². The summed E-state index contributed by atoms with van der Waals surface area (Å²) in [5.41, 5.74) is -1.40. The number of alkyl halides is 3. The Morgan fingerprint density at radius 1 is 1.08 bits per heavy atom. The van der Waals surface area contributed by atoms with Gasteiger partial charge in [-0.15, -0.1) is 0 Å². The molecule has 0 radical (unpaired) electrons. The topological polar surface area (TPSA) is 68.5 Å². The van der Waals surface area contributed by atoms with Gasteiger partial charge in [0.25, 0.3) is 0 Å². The number of amides is 1. The molecule has 5 nitrogen and oxygen atoms in total. The molecule has 0 fully saturated rings. The largest absolute Gasteiger partial charge is 0.454 e. The fourth-order valence-electron chi connectivity index (χ4n) is 2.36. The Morgan fingerprint density at radius 3 is 2.50 bits per heavy atom. The number of fused-ring (bicyclic) bond motifs is 1. The molecule has 2 aromatic carbocycles. The van der Waals surface area contributed by atoms with Gasteiger partial charge in [0.1, 0.15) is 11.3 Å². The first-order valence-electron chi connectivity index (χ1n) is 7.43. The highest BCUT2D eigenvalue weighted by Gasteiger charge is 2.31. The molecule has 8 heteroatoms. The molecule has 26 heavy (non-hydrogen) atoms. The molecule has 0 aliphatic heterocycles. The summed E-state index contributed by atoms with van der Waals surface area (Å²) < 4.78 is 49.6. The van der Waals surface area contributed by atoms with Crippen molar-refractivity contribution in [1.82, 2.24) is 0 Å². The summed E-state index contributed by atoms with van der Waals surface area (Å²) in [5, 5.41) is 2.80. The van der Waals surface area contributed by atoms with Gasteiger partial charge in [0.15, 0.2) is 5.75 Å². The summed E-state index contributed by atoms with van der Waals surface area (Å²) in [7, 11) is 0. The maximum absolute atomic E-state index is 13.0. The van der Waals surface area contributed by atoms with E-state index in [1.54, 1.807) is 18.2 Å². The van der Waals surface area contributed by atoms with E-state index in [9.17, 15) is 22.8 Å². The molecule has 0 saturated heterocycles. The smallest absolute Gasteiger partial charge is 0.416 e. The number of hydrogen-bond donors (Lipinski definition) is 1. The van der Waals surface area contributed by atoms with Crippen LogP contribution in [-0.2, 0) is 11.0 Å². The van der Waals surface area contributed by atoms with Gasteiger partial charge in [0.2, 0.25) is 5.91 Å². The average molecular weight is 363 g/mol. The van der Waals surface area contributed by atoms with E-state index < -0.39 is 23.3 Å². The minimum atomic E-state index is -4.59. The van der Waals surface area contributed by atoms with Crippen LogP contribution in [0.1, 0.15) is 12.5 Å². The van der Waals surface area contributed by atoms with Crippen LogP contribution in [-0.4, -0.2) is 5.91 Å². The van der Waals surface area contributed by atoms with E-state index in [4.69, 9.17) is 9.15 Å². The Labute approximate surface area is 145 Å². The monoisotopic (exact) mass is 363 g/mol. The highest BCUT2D eigenvalue weighted by molar-refractivity contribution is 5.91. The number of carbonyl (C=O) groups is 1. The van der Waals surface area contributed by atoms with Gasteiger partial charge in [-0.2, -0.15) is 13.2 Å². The Bertz CT molecular complexity index is 1040. The molecular weight excluding hydrogens is 351 g/mol. The van der Waals surface area contributed by atoms with Gasteiger partial charge in [-0.3, -0.25) is 4.79 Å². The van der Waals surface area contributed by atoms with E-state index in [2.05, 4.69) is 5.32 Å². The van der Waals surface area contributed by atoms with Gasteiger partial charge in [0.05, 0.1) is 22.7 Å². The normalized spacial score (nSPS) is 11.4. The lowest BCUT2D eigenvalue weighted by Crippen LogP contribution is -2.10. The predicted molar refractivity (Wildman–Crippen MR) is 88.3 cm³/mol. The Morgan fingerprint density at radius 2 is 1.81 bits per heavy atom. The average Bonchev–Trinajstić information content (AvgIpc) is 2.54. The number of hydrogen-bond acceptors (Lipinski definition) is 4. The van der Waals surface area contributed by atoms with E-state index in [1.165, 1.54) is 13.0 Å². The molecule has 3 rings (SSSR count). The van der Waals surface area contributed by atoms with Crippen LogP contribution in [0.2, 0.25) is 0 Å². The Kier molecular flexibility index (Phi) is 4.41. The maximum atomic E-state index is 13.0.